The molecule has 2 fully saturated rings. The summed E-state index contributed by atoms with van der Waals surface area (Å²) in [7, 11) is 4.01. The molecule has 2 aliphatic heterocycles. The maximum absolute atomic E-state index is 12.8. The molecule has 2 saturated heterocycles. The molecule has 3 rings (SSSR count). The summed E-state index contributed by atoms with van der Waals surface area (Å²) in [5.74, 6) is 0.242. The molecule has 1 aromatic carbocycles. The van der Waals surface area contributed by atoms with Gasteiger partial charge < -0.3 is 15.1 Å². The number of benzene rings is 1. The first-order valence-electron chi connectivity index (χ1n) is 10.5. The van der Waals surface area contributed by atoms with Gasteiger partial charge >= 0.3 is 0 Å². The van der Waals surface area contributed by atoms with Gasteiger partial charge in [-0.25, -0.2) is 0 Å². The fraction of sp³-hybridized carbons (Fsp3) is 0.636. The molecule has 2 heterocycles. The molecule has 2 aliphatic rings. The van der Waals surface area contributed by atoms with Crippen LogP contribution in [0.3, 0.4) is 0 Å². The second kappa shape index (κ2) is 10.0. The summed E-state index contributed by atoms with van der Waals surface area (Å²) in [5, 5.41) is 3.26. The maximum atomic E-state index is 12.8. The van der Waals surface area contributed by atoms with Gasteiger partial charge in [-0.1, -0.05) is 30.3 Å². The molecule has 1 aromatic rings. The average Bonchev–Trinajstić information content (AvgIpc) is 2.69. The molecule has 0 saturated carbocycles. The number of carbonyl (C=O) groups excluding carboxylic acids is 2. The Kier molecular flexibility index (Phi) is 7.45. The van der Waals surface area contributed by atoms with Crippen LogP contribution in [0, 0.1) is 5.92 Å². The Bertz CT molecular complexity index is 641. The standard InChI is InChI=1S/C22H34N4O2/c1-24(2)14-15-26-17-19(8-9-21(26)27)22(28)23-20-10-12-25(13-11-20)16-18-6-4-3-5-7-18/h3-7,19-20H,8-17H2,1-2H3,(H,23,28)/t19-/m0/s1. The van der Waals surface area contributed by atoms with Gasteiger partial charge in [0.2, 0.25) is 11.8 Å². The molecule has 0 aliphatic carbocycles. The molecule has 28 heavy (non-hydrogen) atoms. The van der Waals surface area contributed by atoms with E-state index in [0.717, 1.165) is 39.0 Å². The van der Waals surface area contributed by atoms with E-state index in [4.69, 9.17) is 0 Å². The average molecular weight is 387 g/mol. The first-order chi connectivity index (χ1) is 13.5. The van der Waals surface area contributed by atoms with E-state index in [1.54, 1.807) is 0 Å². The highest BCUT2D eigenvalue weighted by atomic mass is 16.2. The Hall–Kier alpha value is -1.92. The van der Waals surface area contributed by atoms with E-state index in [0.29, 0.717) is 25.9 Å². The number of carbonyl (C=O) groups is 2. The van der Waals surface area contributed by atoms with E-state index in [9.17, 15) is 9.59 Å². The van der Waals surface area contributed by atoms with Crippen LogP contribution < -0.4 is 5.32 Å². The third-order valence-electron chi connectivity index (χ3n) is 5.87. The summed E-state index contributed by atoms with van der Waals surface area (Å²) in [5.41, 5.74) is 1.34. The van der Waals surface area contributed by atoms with Crippen molar-refractivity contribution >= 4 is 11.8 Å². The minimum atomic E-state index is -0.0674. The van der Waals surface area contributed by atoms with E-state index >= 15 is 0 Å². The number of likely N-dealkylation sites (N-methyl/N-ethyl adjacent to an activating group) is 1. The number of hydrogen-bond donors (Lipinski definition) is 1. The lowest BCUT2D eigenvalue weighted by Crippen LogP contribution is -2.51. The van der Waals surface area contributed by atoms with Crippen LogP contribution in [0.15, 0.2) is 30.3 Å². The molecule has 6 heteroatoms. The fourth-order valence-electron chi connectivity index (χ4n) is 4.06. The predicted octanol–water partition coefficient (Wildman–Crippen LogP) is 1.57. The molecule has 154 valence electrons. The Labute approximate surface area is 168 Å². The zero-order valence-corrected chi connectivity index (χ0v) is 17.3. The third-order valence-corrected chi connectivity index (χ3v) is 5.87. The van der Waals surface area contributed by atoms with Crippen molar-refractivity contribution < 1.29 is 9.59 Å². The smallest absolute Gasteiger partial charge is 0.225 e. The molecule has 0 spiro atoms. The number of nitrogens with zero attached hydrogens (tertiary/aromatic N) is 3. The molecule has 0 bridgehead atoms. The summed E-state index contributed by atoms with van der Waals surface area (Å²) in [6, 6.07) is 10.8. The lowest BCUT2D eigenvalue weighted by molar-refractivity contribution is -0.138. The summed E-state index contributed by atoms with van der Waals surface area (Å²) in [6.45, 7) is 5.10. The topological polar surface area (TPSA) is 55.9 Å². The predicted molar refractivity (Wildman–Crippen MR) is 111 cm³/mol. The van der Waals surface area contributed by atoms with Crippen molar-refractivity contribution in [2.45, 2.75) is 38.3 Å². The minimum absolute atomic E-state index is 0.0674. The van der Waals surface area contributed by atoms with Crippen LogP contribution in [0.2, 0.25) is 0 Å². The number of rotatable bonds is 7. The molecule has 1 atom stereocenters. The highest BCUT2D eigenvalue weighted by molar-refractivity contribution is 5.84. The molecule has 0 unspecified atom stereocenters. The zero-order valence-electron chi connectivity index (χ0n) is 17.3. The Morgan fingerprint density at radius 1 is 1.14 bits per heavy atom. The lowest BCUT2D eigenvalue weighted by atomic mass is 9.95. The maximum Gasteiger partial charge on any atom is 0.225 e. The van der Waals surface area contributed by atoms with Crippen LogP contribution >= 0.6 is 0 Å². The molecule has 0 aromatic heterocycles. The molecule has 0 radical (unpaired) electrons. The number of nitrogens with one attached hydrogen (secondary N) is 1. The molecule has 2 amide bonds. The quantitative estimate of drug-likeness (QED) is 0.773. The second-order valence-electron chi connectivity index (χ2n) is 8.42. The van der Waals surface area contributed by atoms with Gasteiger partial charge in [0.25, 0.3) is 0 Å². The number of hydrogen-bond acceptors (Lipinski definition) is 4. The zero-order chi connectivity index (χ0) is 19.9. The summed E-state index contributed by atoms with van der Waals surface area (Å²) >= 11 is 0. The van der Waals surface area contributed by atoms with E-state index < -0.39 is 0 Å². The van der Waals surface area contributed by atoms with Crippen LogP contribution in [-0.2, 0) is 16.1 Å². The van der Waals surface area contributed by atoms with Gasteiger partial charge in [0.05, 0.1) is 5.92 Å². The third kappa shape index (κ3) is 6.04. The number of amides is 2. The van der Waals surface area contributed by atoms with Gasteiger partial charge in [-0.3, -0.25) is 14.5 Å². The van der Waals surface area contributed by atoms with Crippen molar-refractivity contribution in [2.75, 3.05) is 46.8 Å². The van der Waals surface area contributed by atoms with Gasteiger partial charge in [-0.2, -0.15) is 0 Å². The summed E-state index contributed by atoms with van der Waals surface area (Å²) in [6.07, 6.45) is 3.15. The Morgan fingerprint density at radius 2 is 1.86 bits per heavy atom. The highest BCUT2D eigenvalue weighted by Gasteiger charge is 2.31. The summed E-state index contributed by atoms with van der Waals surface area (Å²) in [4.78, 5) is 31.3. The van der Waals surface area contributed by atoms with Gasteiger partial charge in [-0.05, 0) is 38.9 Å². The van der Waals surface area contributed by atoms with Gasteiger partial charge in [0.1, 0.15) is 0 Å². The van der Waals surface area contributed by atoms with Crippen molar-refractivity contribution in [3.05, 3.63) is 35.9 Å². The number of likely N-dealkylation sites (tertiary alicyclic amines) is 2. The molecular weight excluding hydrogens is 352 g/mol. The minimum Gasteiger partial charge on any atom is -0.353 e. The van der Waals surface area contributed by atoms with Crippen LogP contribution in [0.4, 0.5) is 0 Å². The number of piperidine rings is 2. The van der Waals surface area contributed by atoms with Crippen LogP contribution in [0.1, 0.15) is 31.2 Å². The second-order valence-corrected chi connectivity index (χ2v) is 8.42. The summed E-state index contributed by atoms with van der Waals surface area (Å²) < 4.78 is 0. The molecule has 1 N–H and O–H groups in total. The fourth-order valence-corrected chi connectivity index (χ4v) is 4.06. The monoisotopic (exact) mass is 386 g/mol. The Balaban J connectivity index is 1.42. The molecule has 6 nitrogen and oxygen atoms in total. The van der Waals surface area contributed by atoms with Crippen LogP contribution in [0.5, 0.6) is 0 Å². The van der Waals surface area contributed by atoms with E-state index in [1.165, 1.54) is 5.56 Å². The largest absolute Gasteiger partial charge is 0.353 e. The van der Waals surface area contributed by atoms with Gasteiger partial charge in [-0.15, -0.1) is 0 Å². The van der Waals surface area contributed by atoms with Gasteiger partial charge in [0.15, 0.2) is 0 Å². The van der Waals surface area contributed by atoms with Crippen LogP contribution in [-0.4, -0.2) is 79.4 Å². The van der Waals surface area contributed by atoms with Crippen molar-refractivity contribution in [1.29, 1.82) is 0 Å². The SMILES string of the molecule is CN(C)CCN1C[C@@H](C(=O)NC2CCN(Cc3ccccc3)CC2)CCC1=O. The van der Waals surface area contributed by atoms with Crippen molar-refractivity contribution in [1.82, 2.24) is 20.0 Å². The lowest BCUT2D eigenvalue weighted by Gasteiger charge is -2.35. The van der Waals surface area contributed by atoms with Crippen molar-refractivity contribution in [3.8, 4) is 0 Å². The van der Waals surface area contributed by atoms with E-state index in [2.05, 4.69) is 39.4 Å². The molecular formula is C22H34N4O2. The van der Waals surface area contributed by atoms with Crippen molar-refractivity contribution in [2.24, 2.45) is 5.92 Å². The normalized spacial score (nSPS) is 21.9. The highest BCUT2D eigenvalue weighted by Crippen LogP contribution is 2.19. The van der Waals surface area contributed by atoms with E-state index in [-0.39, 0.29) is 23.8 Å². The Morgan fingerprint density at radius 3 is 2.54 bits per heavy atom. The first-order valence-corrected chi connectivity index (χ1v) is 10.5. The van der Waals surface area contributed by atoms with Crippen molar-refractivity contribution in [3.63, 3.8) is 0 Å². The van der Waals surface area contributed by atoms with E-state index in [1.807, 2.05) is 25.1 Å². The van der Waals surface area contributed by atoms with Crippen LogP contribution in [0.25, 0.3) is 0 Å². The van der Waals surface area contributed by atoms with Gasteiger partial charge in [0, 0.05) is 51.7 Å². The first kappa shape index (κ1) is 20.8.